The zero-order valence-corrected chi connectivity index (χ0v) is 19.1. The molecule has 153 valence electrons. The third kappa shape index (κ3) is 4.06. The first-order valence-electron chi connectivity index (χ1n) is 10.2. The maximum absolute atomic E-state index is 10.5. The van der Waals surface area contributed by atoms with E-state index in [1.807, 2.05) is 6.29 Å². The Labute approximate surface area is 193 Å². The molecule has 0 heterocycles. The van der Waals surface area contributed by atoms with E-state index >= 15 is 0 Å². The van der Waals surface area contributed by atoms with Crippen molar-refractivity contribution in [2.24, 2.45) is 34.5 Å². The van der Waals surface area contributed by atoms with E-state index < -0.39 is 0 Å². The van der Waals surface area contributed by atoms with Crippen molar-refractivity contribution in [1.82, 2.24) is 0 Å². The fourth-order valence-electron chi connectivity index (χ4n) is 7.23. The van der Waals surface area contributed by atoms with Gasteiger partial charge in [-0.3, -0.25) is 0 Å². The van der Waals surface area contributed by atoms with Gasteiger partial charge < -0.3 is 9.53 Å². The van der Waals surface area contributed by atoms with Gasteiger partial charge in [-0.25, -0.2) is 6.29 Å². The molecule has 4 aliphatic rings. The van der Waals surface area contributed by atoms with Gasteiger partial charge in [0.2, 0.25) is 0 Å². The van der Waals surface area contributed by atoms with Gasteiger partial charge in [-0.15, -0.1) is 0 Å². The van der Waals surface area contributed by atoms with Crippen molar-refractivity contribution < 1.29 is 42.2 Å². The first-order valence-corrected chi connectivity index (χ1v) is 10.2. The number of fused-ring (bicyclic) bond motifs is 5. The Morgan fingerprint density at radius 2 is 1.81 bits per heavy atom. The van der Waals surface area contributed by atoms with Crippen LogP contribution in [0.3, 0.4) is 0 Å². The molecule has 0 aromatic heterocycles. The van der Waals surface area contributed by atoms with Gasteiger partial charge in [-0.05, 0) is 92.5 Å². The maximum atomic E-state index is 10.5. The van der Waals surface area contributed by atoms with Crippen molar-refractivity contribution in [3.63, 3.8) is 0 Å². The number of carbonyl (C=O) groups excluding carboxylic acids is 1. The molecule has 0 bridgehead atoms. The molecule has 0 saturated heterocycles. The molecule has 0 amide bonds. The van der Waals surface area contributed by atoms with Gasteiger partial charge in [0.25, 0.3) is 0 Å². The molecule has 0 aromatic rings. The Bertz CT molecular complexity index is 544. The summed E-state index contributed by atoms with van der Waals surface area (Å²) in [5.41, 5.74) is 2.64. The summed E-state index contributed by atoms with van der Waals surface area (Å²) in [6.45, 7) is 7.76. The van der Waals surface area contributed by atoms with E-state index in [1.165, 1.54) is 44.9 Å². The topological polar surface area (TPSA) is 26.3 Å². The zero-order valence-electron chi connectivity index (χ0n) is 16.2. The molecule has 3 fully saturated rings. The summed E-state index contributed by atoms with van der Waals surface area (Å²) in [6, 6.07) is 0. The van der Waals surface area contributed by atoms with E-state index in [2.05, 4.69) is 26.8 Å². The summed E-state index contributed by atoms with van der Waals surface area (Å²) in [5.74, 6) is 3.69. The molecule has 4 rings (SSSR count). The Kier molecular flexibility index (Phi) is 9.00. The molecule has 0 spiro atoms. The van der Waals surface area contributed by atoms with Crippen LogP contribution in [-0.4, -0.2) is 19.0 Å². The summed E-state index contributed by atoms with van der Waals surface area (Å²) in [7, 11) is 0. The van der Waals surface area contributed by atoms with Crippen molar-refractivity contribution in [2.75, 3.05) is 6.61 Å². The van der Waals surface area contributed by atoms with Crippen LogP contribution in [0.25, 0.3) is 0 Å². The van der Waals surface area contributed by atoms with Crippen LogP contribution >= 0.6 is 0 Å². The summed E-state index contributed by atoms with van der Waals surface area (Å²) >= 11 is 0. The largest absolute Gasteiger partial charge is 0.540 e. The molecule has 0 aromatic carbocycles. The number of allylic oxidation sites excluding steroid dienone is 1. The second-order valence-electron chi connectivity index (χ2n) is 9.58. The smallest absolute Gasteiger partial charge is 0.0726 e. The Hall–Kier alpha value is 0.474. The van der Waals surface area contributed by atoms with Gasteiger partial charge in [0.1, 0.15) is 0 Å². The van der Waals surface area contributed by atoms with Gasteiger partial charge in [-0.1, -0.05) is 47.3 Å². The molecule has 1 radical (unpaired) electrons. The molecule has 0 aliphatic heterocycles. The molecule has 0 N–H and O–H groups in total. The molecular weight excluding hydrogens is 409 g/mol. The Morgan fingerprint density at radius 1 is 1.07 bits per heavy atom. The fourth-order valence-corrected chi connectivity index (χ4v) is 7.23. The molecule has 2 nitrogen and oxygen atoms in total. The van der Waals surface area contributed by atoms with E-state index in [4.69, 9.17) is 4.74 Å². The average Bonchev–Trinajstić information content (AvgIpc) is 2.88. The predicted molar refractivity (Wildman–Crippen MR) is 110 cm³/mol. The molecule has 7 atom stereocenters. The van der Waals surface area contributed by atoms with Crippen LogP contribution in [0, 0.1) is 34.5 Å². The van der Waals surface area contributed by atoms with Crippen molar-refractivity contribution in [1.29, 1.82) is 0 Å². The van der Waals surface area contributed by atoms with Crippen LogP contribution in [0.4, 0.5) is 0 Å². The quantitative estimate of drug-likeness (QED) is 0.370. The van der Waals surface area contributed by atoms with Crippen LogP contribution in [0.15, 0.2) is 11.6 Å². The van der Waals surface area contributed by atoms with Crippen LogP contribution in [0.2, 0.25) is 0 Å². The first kappa shape index (κ1) is 25.5. The van der Waals surface area contributed by atoms with E-state index in [1.54, 1.807) is 5.57 Å². The maximum Gasteiger partial charge on any atom is 0.0726 e. The molecule has 4 aliphatic carbocycles. The van der Waals surface area contributed by atoms with Crippen LogP contribution in [0.1, 0.15) is 87.0 Å². The van der Waals surface area contributed by atoms with Crippen molar-refractivity contribution in [2.45, 2.75) is 93.1 Å². The fraction of sp³-hybridized carbons (Fsp3) is 0.875. The van der Waals surface area contributed by atoms with Crippen molar-refractivity contribution >= 4 is 6.29 Å². The number of ether oxygens (including phenoxy) is 1. The van der Waals surface area contributed by atoms with E-state index in [0.717, 1.165) is 30.1 Å². The summed E-state index contributed by atoms with van der Waals surface area (Å²) < 4.78 is 5.66. The number of hydrogen-bond donors (Lipinski definition) is 0. The van der Waals surface area contributed by atoms with Gasteiger partial charge in [-0.2, -0.15) is 0 Å². The summed E-state index contributed by atoms with van der Waals surface area (Å²) in [5, 5.41) is 0. The second-order valence-corrected chi connectivity index (χ2v) is 9.58. The zero-order chi connectivity index (χ0) is 16.9. The number of rotatable bonds is 3. The minimum Gasteiger partial charge on any atom is -0.540 e. The van der Waals surface area contributed by atoms with Gasteiger partial charge in [0, 0.05) is 32.7 Å². The average molecular weight is 450 g/mol. The van der Waals surface area contributed by atoms with E-state index in [-0.39, 0.29) is 60.3 Å². The Morgan fingerprint density at radius 3 is 2.52 bits per heavy atom. The van der Waals surface area contributed by atoms with Crippen LogP contribution < -0.4 is 0 Å². The molecule has 3 heteroatoms. The van der Waals surface area contributed by atoms with E-state index in [0.29, 0.717) is 10.8 Å². The molecule has 6 unspecified atom stereocenters. The van der Waals surface area contributed by atoms with Gasteiger partial charge in [0.15, 0.2) is 0 Å². The van der Waals surface area contributed by atoms with Gasteiger partial charge >= 0.3 is 0 Å². The second kappa shape index (κ2) is 9.52. The normalized spacial score (nSPS) is 44.9. The van der Waals surface area contributed by atoms with Crippen LogP contribution in [-0.2, 0) is 42.2 Å². The third-order valence-electron chi connectivity index (χ3n) is 8.90. The van der Waals surface area contributed by atoms with Gasteiger partial charge in [0.05, 0.1) is 6.10 Å². The SMILES string of the molecule is C.C.CC1CCC2C3CCC4=C[C@@H](OC[C-]=O)CCC4(C)C3CCC12C.[Y]. The van der Waals surface area contributed by atoms with Crippen molar-refractivity contribution in [3.05, 3.63) is 11.6 Å². The standard InChI is InChI=1S/C22H33O2.2CH4.Y/c1-15-4-7-19-18-6-5-16-14-17(24-13-12-23)8-10-22(16,3)20(18)9-11-21(15,19)2;;;/h14-15,17-20H,4-11,13H2,1-3H3;2*1H4;/q-1;;;/t15?,17-,18?,19?,20?,21?,22?;;;/m0.../s1. The first-order chi connectivity index (χ1) is 11.5. The van der Waals surface area contributed by atoms with E-state index in [9.17, 15) is 4.79 Å². The van der Waals surface area contributed by atoms with Crippen LogP contribution in [0.5, 0.6) is 0 Å². The monoisotopic (exact) mass is 450 g/mol. The number of hydrogen-bond acceptors (Lipinski definition) is 2. The third-order valence-corrected chi connectivity index (χ3v) is 8.90. The Balaban J connectivity index is 0.00000121. The molecule has 3 saturated carbocycles. The minimum absolute atomic E-state index is 0. The summed E-state index contributed by atoms with van der Waals surface area (Å²) in [4.78, 5) is 10.5. The summed E-state index contributed by atoms with van der Waals surface area (Å²) in [6.07, 6.45) is 15.1. The van der Waals surface area contributed by atoms with Crippen molar-refractivity contribution in [3.8, 4) is 0 Å². The molecule has 27 heavy (non-hydrogen) atoms. The predicted octanol–water partition coefficient (Wildman–Crippen LogP) is 6.35. The molecular formula is C24H41O2Y-. The minimum atomic E-state index is 0.